The van der Waals surface area contributed by atoms with Crippen molar-refractivity contribution in [3.63, 3.8) is 0 Å². The maximum atomic E-state index is 12.6. The molecule has 0 N–H and O–H groups in total. The van der Waals surface area contributed by atoms with Crippen LogP contribution in [0, 0.1) is 12.8 Å². The first-order chi connectivity index (χ1) is 12.0. The fraction of sp³-hybridized carbons (Fsp3) is 0.500. The summed E-state index contributed by atoms with van der Waals surface area (Å²) in [6.07, 6.45) is 5.36. The van der Waals surface area contributed by atoms with Gasteiger partial charge >= 0.3 is 5.97 Å². The van der Waals surface area contributed by atoms with Crippen LogP contribution in [-0.4, -0.2) is 49.7 Å². The van der Waals surface area contributed by atoms with E-state index in [-0.39, 0.29) is 23.9 Å². The summed E-state index contributed by atoms with van der Waals surface area (Å²) in [5.41, 5.74) is 2.15. The molecule has 0 bridgehead atoms. The molecule has 1 saturated heterocycles. The number of benzene rings is 1. The Kier molecular flexibility index (Phi) is 7.19. The molecule has 0 saturated carbocycles. The SMILES string of the molecule is COC(=O)C(C)CN(CC1CCCO1)C(=O)/C=C/c1ccc(C)cc1. The minimum atomic E-state index is -0.372. The molecule has 0 aromatic heterocycles. The average molecular weight is 345 g/mol. The maximum absolute atomic E-state index is 12.6. The molecule has 0 aliphatic carbocycles. The zero-order chi connectivity index (χ0) is 18.2. The Morgan fingerprint density at radius 3 is 2.68 bits per heavy atom. The van der Waals surface area contributed by atoms with Crippen LogP contribution in [0.4, 0.5) is 0 Å². The zero-order valence-corrected chi connectivity index (χ0v) is 15.2. The van der Waals surface area contributed by atoms with Crippen molar-refractivity contribution in [2.24, 2.45) is 5.92 Å². The highest BCUT2D eigenvalue weighted by Gasteiger charge is 2.25. The standard InChI is InChI=1S/C20H27NO4/c1-15-6-8-17(9-7-15)10-11-19(22)21(13-16(2)20(23)24-3)14-18-5-4-12-25-18/h6-11,16,18H,4-5,12-14H2,1-3H3/b11-10+. The Bertz CT molecular complexity index is 603. The van der Waals surface area contributed by atoms with Crippen molar-refractivity contribution in [1.82, 2.24) is 4.90 Å². The Morgan fingerprint density at radius 1 is 1.36 bits per heavy atom. The fourth-order valence-corrected chi connectivity index (χ4v) is 2.85. The molecule has 2 unspecified atom stereocenters. The number of amides is 1. The van der Waals surface area contributed by atoms with Crippen LogP contribution in [0.2, 0.25) is 0 Å². The number of nitrogens with zero attached hydrogens (tertiary/aromatic N) is 1. The second kappa shape index (κ2) is 9.37. The number of carbonyl (C=O) groups is 2. The van der Waals surface area contributed by atoms with Crippen LogP contribution in [0.1, 0.15) is 30.9 Å². The second-order valence-electron chi connectivity index (χ2n) is 6.55. The van der Waals surface area contributed by atoms with Gasteiger partial charge in [-0.1, -0.05) is 36.8 Å². The molecule has 2 rings (SSSR count). The second-order valence-corrected chi connectivity index (χ2v) is 6.55. The van der Waals surface area contributed by atoms with Crippen molar-refractivity contribution in [1.29, 1.82) is 0 Å². The molecule has 1 amide bonds. The van der Waals surface area contributed by atoms with Crippen LogP contribution in [-0.2, 0) is 19.1 Å². The maximum Gasteiger partial charge on any atom is 0.310 e. The molecule has 1 aromatic carbocycles. The number of carbonyl (C=O) groups excluding carboxylic acids is 2. The third-order valence-corrected chi connectivity index (χ3v) is 4.35. The van der Waals surface area contributed by atoms with Crippen molar-refractivity contribution in [3.8, 4) is 0 Å². The molecule has 1 aliphatic heterocycles. The predicted molar refractivity (Wildman–Crippen MR) is 96.9 cm³/mol. The van der Waals surface area contributed by atoms with Crippen LogP contribution in [0.3, 0.4) is 0 Å². The smallest absolute Gasteiger partial charge is 0.310 e. The van der Waals surface area contributed by atoms with Crippen molar-refractivity contribution < 1.29 is 19.1 Å². The van der Waals surface area contributed by atoms with Crippen molar-refractivity contribution in [2.45, 2.75) is 32.8 Å². The summed E-state index contributed by atoms with van der Waals surface area (Å²) in [5, 5.41) is 0. The Balaban J connectivity index is 2.04. The van der Waals surface area contributed by atoms with E-state index in [1.807, 2.05) is 31.2 Å². The van der Waals surface area contributed by atoms with E-state index in [9.17, 15) is 9.59 Å². The predicted octanol–water partition coefficient (Wildman–Crippen LogP) is 2.82. The molecule has 2 atom stereocenters. The van der Waals surface area contributed by atoms with E-state index in [4.69, 9.17) is 9.47 Å². The minimum Gasteiger partial charge on any atom is -0.469 e. The van der Waals surface area contributed by atoms with E-state index in [0.717, 1.165) is 25.0 Å². The topological polar surface area (TPSA) is 55.8 Å². The third-order valence-electron chi connectivity index (χ3n) is 4.35. The third kappa shape index (κ3) is 6.02. The summed E-state index contributed by atoms with van der Waals surface area (Å²) in [7, 11) is 1.36. The highest BCUT2D eigenvalue weighted by Crippen LogP contribution is 2.15. The van der Waals surface area contributed by atoms with Gasteiger partial charge < -0.3 is 14.4 Å². The minimum absolute atomic E-state index is 0.0431. The molecule has 1 aliphatic rings. The monoisotopic (exact) mass is 345 g/mol. The Labute approximate surface area is 149 Å². The summed E-state index contributed by atoms with van der Waals surface area (Å²) in [6, 6.07) is 7.96. The average Bonchev–Trinajstić information content (AvgIpc) is 3.12. The highest BCUT2D eigenvalue weighted by molar-refractivity contribution is 5.92. The number of methoxy groups -OCH3 is 1. The van der Waals surface area contributed by atoms with Crippen LogP contribution < -0.4 is 0 Å². The summed E-state index contributed by atoms with van der Waals surface area (Å²) in [5.74, 6) is -0.803. The molecule has 0 radical (unpaired) electrons. The molecule has 0 spiro atoms. The van der Waals surface area contributed by atoms with E-state index in [0.29, 0.717) is 13.1 Å². The van der Waals surface area contributed by atoms with E-state index in [1.165, 1.54) is 12.7 Å². The molecule has 136 valence electrons. The lowest BCUT2D eigenvalue weighted by atomic mass is 10.1. The summed E-state index contributed by atoms with van der Waals surface area (Å²) in [6.45, 7) is 5.35. The molecule has 5 heteroatoms. The van der Waals surface area contributed by atoms with E-state index < -0.39 is 0 Å². The number of rotatable bonds is 7. The molecule has 1 fully saturated rings. The molecular weight excluding hydrogens is 318 g/mol. The lowest BCUT2D eigenvalue weighted by molar-refractivity contribution is -0.146. The molecule has 1 aromatic rings. The number of aryl methyl sites for hydroxylation is 1. The van der Waals surface area contributed by atoms with Gasteiger partial charge in [-0.2, -0.15) is 0 Å². The lowest BCUT2D eigenvalue weighted by Crippen LogP contribution is -2.40. The molecular formula is C20H27NO4. The van der Waals surface area contributed by atoms with E-state index >= 15 is 0 Å². The number of esters is 1. The summed E-state index contributed by atoms with van der Waals surface area (Å²) < 4.78 is 10.4. The van der Waals surface area contributed by atoms with Gasteiger partial charge in [0.1, 0.15) is 0 Å². The van der Waals surface area contributed by atoms with Gasteiger partial charge in [-0.25, -0.2) is 0 Å². The van der Waals surface area contributed by atoms with Crippen LogP contribution in [0.25, 0.3) is 6.08 Å². The first kappa shape index (κ1) is 19.2. The summed E-state index contributed by atoms with van der Waals surface area (Å²) >= 11 is 0. The normalized spacial score (nSPS) is 18.3. The molecule has 5 nitrogen and oxygen atoms in total. The van der Waals surface area contributed by atoms with E-state index in [2.05, 4.69) is 0 Å². The van der Waals surface area contributed by atoms with E-state index in [1.54, 1.807) is 24.0 Å². The number of hydrogen-bond donors (Lipinski definition) is 0. The largest absolute Gasteiger partial charge is 0.469 e. The zero-order valence-electron chi connectivity index (χ0n) is 15.2. The first-order valence-corrected chi connectivity index (χ1v) is 8.72. The van der Waals surface area contributed by atoms with Gasteiger partial charge in [0.25, 0.3) is 0 Å². The van der Waals surface area contributed by atoms with Gasteiger partial charge in [0.05, 0.1) is 19.1 Å². The van der Waals surface area contributed by atoms with Gasteiger partial charge in [0, 0.05) is 25.8 Å². The Morgan fingerprint density at radius 2 is 2.08 bits per heavy atom. The Hall–Kier alpha value is -2.14. The van der Waals surface area contributed by atoms with Gasteiger partial charge in [-0.15, -0.1) is 0 Å². The van der Waals surface area contributed by atoms with Gasteiger partial charge in [0.15, 0.2) is 0 Å². The summed E-state index contributed by atoms with van der Waals surface area (Å²) in [4.78, 5) is 26.0. The van der Waals surface area contributed by atoms with Gasteiger partial charge in [0.2, 0.25) is 5.91 Å². The quantitative estimate of drug-likeness (QED) is 0.563. The van der Waals surface area contributed by atoms with Gasteiger partial charge in [-0.3, -0.25) is 9.59 Å². The first-order valence-electron chi connectivity index (χ1n) is 8.72. The number of ether oxygens (including phenoxy) is 2. The van der Waals surface area contributed by atoms with Gasteiger partial charge in [-0.05, 0) is 31.4 Å². The van der Waals surface area contributed by atoms with Crippen molar-refractivity contribution >= 4 is 18.0 Å². The lowest BCUT2D eigenvalue weighted by Gasteiger charge is -2.26. The molecule has 1 heterocycles. The van der Waals surface area contributed by atoms with Crippen molar-refractivity contribution in [2.75, 3.05) is 26.8 Å². The number of hydrogen-bond acceptors (Lipinski definition) is 4. The van der Waals surface area contributed by atoms with Crippen LogP contribution >= 0.6 is 0 Å². The molecule has 25 heavy (non-hydrogen) atoms. The van der Waals surface area contributed by atoms with Crippen LogP contribution in [0.5, 0.6) is 0 Å². The highest BCUT2D eigenvalue weighted by atomic mass is 16.5. The van der Waals surface area contributed by atoms with Crippen molar-refractivity contribution in [3.05, 3.63) is 41.5 Å². The van der Waals surface area contributed by atoms with Crippen LogP contribution in [0.15, 0.2) is 30.3 Å². The fourth-order valence-electron chi connectivity index (χ4n) is 2.85.